The van der Waals surface area contributed by atoms with Crippen molar-refractivity contribution in [2.24, 2.45) is 17.8 Å². The second-order valence-electron chi connectivity index (χ2n) is 9.12. The second-order valence-corrected chi connectivity index (χ2v) is 9.12. The Morgan fingerprint density at radius 2 is 1.95 bits per heavy atom. The van der Waals surface area contributed by atoms with Crippen LogP contribution in [-0.2, 0) is 13.6 Å². The Labute approximate surface area is 226 Å². The van der Waals surface area contributed by atoms with Crippen molar-refractivity contribution in [2.45, 2.75) is 13.0 Å². The van der Waals surface area contributed by atoms with E-state index in [1.165, 1.54) is 0 Å². The summed E-state index contributed by atoms with van der Waals surface area (Å²) in [7, 11) is 2.02. The van der Waals surface area contributed by atoms with Crippen LogP contribution < -0.4 is 25.7 Å². The number of nitrogens with one attached hydrogen (secondary N) is 3. The molecule has 11 nitrogen and oxygen atoms in total. The van der Waals surface area contributed by atoms with Crippen molar-refractivity contribution < 1.29 is 14.4 Å². The summed E-state index contributed by atoms with van der Waals surface area (Å²) in [6.07, 6.45) is 12.3. The average Bonchev–Trinajstić information content (AvgIpc) is 3.51. The lowest BCUT2D eigenvalue weighted by Gasteiger charge is -2.17. The SMILES string of the molecule is C[n+]1ccn(CCCNc2ccc(NC3=CC(=Nc4c(OCCO)nn5ccccc45)C(N)=CC3=N)cc2)c1. The highest BCUT2D eigenvalue weighted by atomic mass is 16.5. The van der Waals surface area contributed by atoms with Crippen molar-refractivity contribution in [3.8, 4) is 5.88 Å². The fourth-order valence-corrected chi connectivity index (χ4v) is 4.19. The molecule has 1 aromatic carbocycles. The first-order chi connectivity index (χ1) is 19.0. The predicted octanol–water partition coefficient (Wildman–Crippen LogP) is 2.78. The van der Waals surface area contributed by atoms with Crippen LogP contribution in [0, 0.1) is 5.41 Å². The van der Waals surface area contributed by atoms with Crippen LogP contribution in [0.2, 0.25) is 0 Å². The van der Waals surface area contributed by atoms with Gasteiger partial charge in [0.15, 0.2) is 5.69 Å². The highest BCUT2D eigenvalue weighted by molar-refractivity contribution is 6.24. The third-order valence-corrected chi connectivity index (χ3v) is 6.12. The summed E-state index contributed by atoms with van der Waals surface area (Å²) in [6.45, 7) is 1.77. The predicted molar refractivity (Wildman–Crippen MR) is 152 cm³/mol. The Morgan fingerprint density at radius 3 is 2.72 bits per heavy atom. The number of nitrogens with two attached hydrogens (primary N) is 1. The van der Waals surface area contributed by atoms with Crippen LogP contribution in [0.4, 0.5) is 17.1 Å². The number of allylic oxidation sites excluding steroid dienone is 2. The van der Waals surface area contributed by atoms with Crippen molar-refractivity contribution in [3.63, 3.8) is 0 Å². The molecule has 3 heterocycles. The van der Waals surface area contributed by atoms with E-state index in [4.69, 9.17) is 20.9 Å². The van der Waals surface area contributed by atoms with E-state index in [1.807, 2.05) is 60.3 Å². The second kappa shape index (κ2) is 11.7. The lowest BCUT2D eigenvalue weighted by molar-refractivity contribution is -0.671. The monoisotopic (exact) mass is 526 g/mol. The number of anilines is 2. The smallest absolute Gasteiger partial charge is 0.260 e. The molecule has 4 aromatic rings. The Hall–Kier alpha value is -4.90. The molecule has 0 atom stereocenters. The van der Waals surface area contributed by atoms with Crippen LogP contribution in [0.1, 0.15) is 6.42 Å². The number of rotatable bonds is 11. The van der Waals surface area contributed by atoms with Gasteiger partial charge < -0.3 is 26.2 Å². The van der Waals surface area contributed by atoms with E-state index >= 15 is 0 Å². The highest BCUT2D eigenvalue weighted by Crippen LogP contribution is 2.33. The number of nitrogens with zero attached hydrogens (tertiary/aromatic N) is 5. The zero-order valence-corrected chi connectivity index (χ0v) is 21.7. The topological polar surface area (TPSA) is 142 Å². The van der Waals surface area contributed by atoms with Gasteiger partial charge in [0.1, 0.15) is 19.0 Å². The number of fused-ring (bicyclic) bond motifs is 1. The first-order valence-electron chi connectivity index (χ1n) is 12.7. The molecule has 6 N–H and O–H groups in total. The molecule has 1 aliphatic rings. The Kier molecular flexibility index (Phi) is 7.69. The molecule has 0 bridgehead atoms. The lowest BCUT2D eigenvalue weighted by Crippen LogP contribution is -2.23. The van der Waals surface area contributed by atoms with Crippen molar-refractivity contribution >= 4 is 34.0 Å². The molecular weight excluding hydrogens is 494 g/mol. The molecule has 5 rings (SSSR count). The minimum atomic E-state index is -0.141. The van der Waals surface area contributed by atoms with Crippen molar-refractivity contribution in [1.82, 2.24) is 14.2 Å². The van der Waals surface area contributed by atoms with E-state index in [1.54, 1.807) is 22.9 Å². The van der Waals surface area contributed by atoms with Gasteiger partial charge in [-0.25, -0.2) is 18.6 Å². The summed E-state index contributed by atoms with van der Waals surface area (Å²) in [4.78, 5) is 4.75. The van der Waals surface area contributed by atoms with Gasteiger partial charge in [-0.3, -0.25) is 5.41 Å². The summed E-state index contributed by atoms with van der Waals surface area (Å²) in [5, 5.41) is 28.8. The summed E-state index contributed by atoms with van der Waals surface area (Å²) < 4.78 is 11.5. The molecule has 0 saturated carbocycles. The highest BCUT2D eigenvalue weighted by Gasteiger charge is 2.19. The Balaban J connectivity index is 1.28. The molecule has 0 unspecified atom stereocenters. The van der Waals surface area contributed by atoms with E-state index < -0.39 is 0 Å². The van der Waals surface area contributed by atoms with Gasteiger partial charge in [-0.05, 0) is 48.6 Å². The number of hydrogen-bond donors (Lipinski definition) is 5. The fourth-order valence-electron chi connectivity index (χ4n) is 4.19. The zero-order valence-electron chi connectivity index (χ0n) is 21.7. The molecule has 39 heavy (non-hydrogen) atoms. The summed E-state index contributed by atoms with van der Waals surface area (Å²) >= 11 is 0. The van der Waals surface area contributed by atoms with Crippen LogP contribution >= 0.6 is 0 Å². The van der Waals surface area contributed by atoms with Gasteiger partial charge in [0.2, 0.25) is 6.33 Å². The normalized spacial score (nSPS) is 14.4. The fraction of sp³-hybridized carbons (Fsp3) is 0.214. The van der Waals surface area contributed by atoms with Gasteiger partial charge in [-0.15, -0.1) is 5.10 Å². The van der Waals surface area contributed by atoms with Crippen LogP contribution in [0.15, 0.2) is 95.9 Å². The molecular formula is C28H32N9O2+. The first-order valence-corrected chi connectivity index (χ1v) is 12.7. The third kappa shape index (κ3) is 6.16. The Morgan fingerprint density at radius 1 is 1.13 bits per heavy atom. The van der Waals surface area contributed by atoms with Crippen LogP contribution in [0.3, 0.4) is 0 Å². The zero-order chi connectivity index (χ0) is 27.2. The molecule has 11 heteroatoms. The van der Waals surface area contributed by atoms with Crippen molar-refractivity contribution in [3.05, 3.63) is 90.9 Å². The number of imidazole rings is 1. The summed E-state index contributed by atoms with van der Waals surface area (Å²) in [5.74, 6) is 0.296. The molecule has 3 aromatic heterocycles. The van der Waals surface area contributed by atoms with Crippen LogP contribution in [-0.4, -0.2) is 50.5 Å². The maximum absolute atomic E-state index is 9.20. The lowest BCUT2D eigenvalue weighted by atomic mass is 10.0. The van der Waals surface area contributed by atoms with E-state index in [0.717, 1.165) is 36.4 Å². The third-order valence-electron chi connectivity index (χ3n) is 6.12. The first kappa shape index (κ1) is 25.7. The number of hydrogen-bond acceptors (Lipinski definition) is 8. The number of aryl methyl sites for hydroxylation is 2. The number of benzene rings is 1. The summed E-state index contributed by atoms with van der Waals surface area (Å²) in [6, 6.07) is 13.6. The van der Waals surface area contributed by atoms with Gasteiger partial charge in [0.25, 0.3) is 5.88 Å². The van der Waals surface area contributed by atoms with E-state index in [0.29, 0.717) is 28.7 Å². The standard InChI is InChI=1S/C28H32N9O2/c1-35-13-14-36(19-35)11-4-10-31-20-6-8-21(9-7-20)32-24-18-25(23(30)17-22(24)29)33-27-26-5-2-3-12-37(26)34-28(27)39-16-15-38/h2-3,5-9,12-14,17-19,29,31-32,38H,4,10-11,15-16,30H2,1H3/q+1. The van der Waals surface area contributed by atoms with Crippen molar-refractivity contribution in [1.29, 1.82) is 5.41 Å². The van der Waals surface area contributed by atoms with E-state index in [-0.39, 0.29) is 18.9 Å². The van der Waals surface area contributed by atoms with Crippen molar-refractivity contribution in [2.75, 3.05) is 30.4 Å². The summed E-state index contributed by atoms with van der Waals surface area (Å²) in [5.41, 5.74) is 11.0. The molecule has 0 radical (unpaired) electrons. The number of ether oxygens (including phenoxy) is 1. The molecule has 200 valence electrons. The van der Waals surface area contributed by atoms with Gasteiger partial charge >= 0.3 is 0 Å². The van der Waals surface area contributed by atoms with Gasteiger partial charge in [0, 0.05) is 30.5 Å². The molecule has 0 fully saturated rings. The number of aromatic nitrogens is 4. The molecule has 0 spiro atoms. The molecule has 0 amide bonds. The molecule has 0 aliphatic heterocycles. The van der Waals surface area contributed by atoms with E-state index in [2.05, 4.69) is 32.8 Å². The van der Waals surface area contributed by atoms with E-state index in [9.17, 15) is 5.11 Å². The molecule has 1 aliphatic carbocycles. The number of aliphatic hydroxyl groups excluding tert-OH is 1. The average molecular weight is 527 g/mol. The largest absolute Gasteiger partial charge is 0.473 e. The van der Waals surface area contributed by atoms with Crippen LogP contribution in [0.25, 0.3) is 5.52 Å². The quantitative estimate of drug-likeness (QED) is 0.116. The minimum absolute atomic E-state index is 0.0944. The number of aliphatic hydroxyl groups is 1. The van der Waals surface area contributed by atoms with Gasteiger partial charge in [-0.1, -0.05) is 6.07 Å². The number of aliphatic imine (C=N–C) groups is 1. The maximum Gasteiger partial charge on any atom is 0.260 e. The molecule has 0 saturated heterocycles. The van der Waals surface area contributed by atoms with Gasteiger partial charge in [-0.2, -0.15) is 0 Å². The maximum atomic E-state index is 9.20. The minimum Gasteiger partial charge on any atom is -0.473 e. The Bertz CT molecular complexity index is 1560. The van der Waals surface area contributed by atoms with Crippen LogP contribution in [0.5, 0.6) is 5.88 Å². The van der Waals surface area contributed by atoms with Gasteiger partial charge in [0.05, 0.1) is 48.5 Å². The number of pyridine rings is 1.